The second-order valence-corrected chi connectivity index (χ2v) is 18.9. The molecule has 4 atom stereocenters. The van der Waals surface area contributed by atoms with Gasteiger partial charge in [0, 0.05) is 71.5 Å². The largest absolute Gasteiger partial charge is 0.497 e. The Bertz CT molecular complexity index is 2030. The number of nitrogens with zero attached hydrogens (tertiary/aromatic N) is 3. The van der Waals surface area contributed by atoms with Crippen LogP contribution < -0.4 is 9.46 Å². The third-order valence-corrected chi connectivity index (χ3v) is 15.1. The first-order valence-corrected chi connectivity index (χ1v) is 19.9. The third-order valence-electron chi connectivity index (χ3n) is 13.4. The van der Waals surface area contributed by atoms with Crippen LogP contribution in [-0.4, -0.2) is 93.4 Å². The van der Waals surface area contributed by atoms with Crippen LogP contribution in [0.25, 0.3) is 22.2 Å². The van der Waals surface area contributed by atoms with Gasteiger partial charge in [0.2, 0.25) is 15.9 Å². The van der Waals surface area contributed by atoms with Crippen molar-refractivity contribution in [1.29, 1.82) is 0 Å². The number of hydrogen-bond donors (Lipinski definition) is 1. The maximum atomic E-state index is 15.2. The summed E-state index contributed by atoms with van der Waals surface area (Å²) in [4.78, 5) is 33.2. The highest BCUT2D eigenvalue weighted by Gasteiger charge is 2.70. The lowest BCUT2D eigenvalue weighted by atomic mass is 9.71. The lowest BCUT2D eigenvalue weighted by molar-refractivity contribution is -0.138. The van der Waals surface area contributed by atoms with Crippen LogP contribution in [0.2, 0.25) is 0 Å². The molecule has 3 aromatic rings. The molecule has 2 amide bonds. The zero-order valence-corrected chi connectivity index (χ0v) is 30.4. The van der Waals surface area contributed by atoms with Gasteiger partial charge in [-0.05, 0) is 87.5 Å². The fourth-order valence-electron chi connectivity index (χ4n) is 10.8. The summed E-state index contributed by atoms with van der Waals surface area (Å²) in [7, 11) is 0.0635. The van der Waals surface area contributed by atoms with Gasteiger partial charge in [-0.2, -0.15) is 0 Å². The Kier molecular flexibility index (Phi) is 7.18. The van der Waals surface area contributed by atoms with E-state index in [4.69, 9.17) is 9.47 Å². The average molecular weight is 701 g/mol. The van der Waals surface area contributed by atoms with E-state index in [1.165, 1.54) is 24.8 Å². The van der Waals surface area contributed by atoms with Crippen molar-refractivity contribution < 1.29 is 27.5 Å². The van der Waals surface area contributed by atoms with Crippen LogP contribution in [-0.2, 0) is 26.1 Å². The third kappa shape index (κ3) is 4.54. The van der Waals surface area contributed by atoms with Gasteiger partial charge in [0.1, 0.15) is 5.75 Å². The number of rotatable bonds is 6. The zero-order chi connectivity index (χ0) is 34.8. The van der Waals surface area contributed by atoms with Gasteiger partial charge in [0.15, 0.2) is 0 Å². The SMILES string of the molecule is COc1ccc2c(c1)C1CC1(C(=O)N1CC34COCC3(CN(C)C4)C1)Cn1c-2c(C2CCCCC2)c2ccc(C(=O)NS(=O)(=O)C(C)C)cc21. The number of carbonyl (C=O) groups excluding carboxylic acids is 2. The summed E-state index contributed by atoms with van der Waals surface area (Å²) in [5.74, 6) is 0.775. The summed E-state index contributed by atoms with van der Waals surface area (Å²) in [5, 5.41) is 0.348. The van der Waals surface area contributed by atoms with Crippen molar-refractivity contribution >= 4 is 32.7 Å². The normalized spacial score (nSPS) is 30.4. The minimum absolute atomic E-state index is 0.0255. The van der Waals surface area contributed by atoms with E-state index in [2.05, 4.69) is 38.3 Å². The van der Waals surface area contributed by atoms with Gasteiger partial charge in [-0.25, -0.2) is 13.1 Å². The molecule has 0 spiro atoms. The number of methoxy groups -OCH3 is 1. The summed E-state index contributed by atoms with van der Waals surface area (Å²) < 4.78 is 41.9. The Labute approximate surface area is 294 Å². The number of fused-ring (bicyclic) bond motifs is 7. The molecule has 266 valence electrons. The molecule has 5 heterocycles. The molecule has 2 saturated carbocycles. The van der Waals surface area contributed by atoms with Gasteiger partial charge < -0.3 is 23.8 Å². The Morgan fingerprint density at radius 1 is 0.960 bits per heavy atom. The minimum Gasteiger partial charge on any atom is -0.497 e. The first-order chi connectivity index (χ1) is 23.9. The van der Waals surface area contributed by atoms with Gasteiger partial charge in [0.05, 0.1) is 36.7 Å². The van der Waals surface area contributed by atoms with Crippen molar-refractivity contribution in [2.45, 2.75) is 76.0 Å². The summed E-state index contributed by atoms with van der Waals surface area (Å²) in [5.41, 5.74) is 5.23. The molecule has 50 heavy (non-hydrogen) atoms. The van der Waals surface area contributed by atoms with Crippen LogP contribution >= 0.6 is 0 Å². The van der Waals surface area contributed by atoms with Gasteiger partial charge in [0.25, 0.3) is 5.91 Å². The number of carbonyl (C=O) groups is 2. The van der Waals surface area contributed by atoms with E-state index in [-0.39, 0.29) is 22.7 Å². The summed E-state index contributed by atoms with van der Waals surface area (Å²) in [6.45, 7) is 8.36. The zero-order valence-electron chi connectivity index (χ0n) is 29.6. The molecule has 6 aliphatic rings. The number of nitrogens with one attached hydrogen (secondary N) is 1. The molecule has 2 aliphatic carbocycles. The monoisotopic (exact) mass is 700 g/mol. The fourth-order valence-corrected chi connectivity index (χ4v) is 11.4. The first-order valence-electron chi connectivity index (χ1n) is 18.4. The van der Waals surface area contributed by atoms with E-state index in [1.54, 1.807) is 27.0 Å². The highest BCUT2D eigenvalue weighted by molar-refractivity contribution is 7.90. The quantitative estimate of drug-likeness (QED) is 0.381. The van der Waals surface area contributed by atoms with Crippen molar-refractivity contribution in [1.82, 2.24) is 19.1 Å². The molecule has 11 heteroatoms. The van der Waals surface area contributed by atoms with Gasteiger partial charge >= 0.3 is 0 Å². The molecule has 0 bridgehead atoms. The molecular formula is C39H48N4O6S. The summed E-state index contributed by atoms with van der Waals surface area (Å²) in [6, 6.07) is 12.0. The Morgan fingerprint density at radius 2 is 1.68 bits per heavy atom. The van der Waals surface area contributed by atoms with Crippen molar-refractivity contribution in [3.8, 4) is 17.0 Å². The maximum absolute atomic E-state index is 15.2. The molecule has 3 saturated heterocycles. The predicted octanol–water partition coefficient (Wildman–Crippen LogP) is 5.11. The van der Waals surface area contributed by atoms with Crippen LogP contribution in [0.4, 0.5) is 0 Å². The molecule has 4 unspecified atom stereocenters. The highest BCUT2D eigenvalue weighted by Crippen LogP contribution is 2.67. The molecule has 10 nitrogen and oxygen atoms in total. The maximum Gasteiger partial charge on any atom is 0.264 e. The summed E-state index contributed by atoms with van der Waals surface area (Å²) in [6.07, 6.45) is 6.50. The molecule has 1 aromatic heterocycles. The molecule has 5 fully saturated rings. The number of amides is 2. The van der Waals surface area contributed by atoms with Crippen molar-refractivity contribution in [3.05, 3.63) is 53.1 Å². The van der Waals surface area contributed by atoms with Crippen LogP contribution in [0.15, 0.2) is 36.4 Å². The van der Waals surface area contributed by atoms with Gasteiger partial charge in [-0.3, -0.25) is 9.59 Å². The smallest absolute Gasteiger partial charge is 0.264 e. The second-order valence-electron chi connectivity index (χ2n) is 16.7. The number of likely N-dealkylation sites (tertiary alicyclic amines) is 2. The van der Waals surface area contributed by atoms with Crippen LogP contribution in [0, 0.1) is 16.2 Å². The van der Waals surface area contributed by atoms with Crippen molar-refractivity contribution in [3.63, 3.8) is 0 Å². The highest BCUT2D eigenvalue weighted by atomic mass is 32.2. The van der Waals surface area contributed by atoms with E-state index in [0.29, 0.717) is 31.2 Å². The Morgan fingerprint density at radius 3 is 2.36 bits per heavy atom. The van der Waals surface area contributed by atoms with Crippen LogP contribution in [0.5, 0.6) is 5.75 Å². The average Bonchev–Trinajstić information content (AvgIpc) is 3.32. The number of aromatic nitrogens is 1. The lowest BCUT2D eigenvalue weighted by Gasteiger charge is -2.29. The number of ether oxygens (including phenoxy) is 2. The van der Waals surface area contributed by atoms with Crippen molar-refractivity contribution in [2.75, 3.05) is 53.6 Å². The number of sulfonamides is 1. The van der Waals surface area contributed by atoms with E-state index in [1.807, 2.05) is 18.2 Å². The Balaban J connectivity index is 1.20. The van der Waals surface area contributed by atoms with E-state index < -0.39 is 26.6 Å². The standard InChI is InChI=1S/C39H48N4O6S/c1-24(2)50(46,47)40-35(44)26-10-12-29-32(14-26)43-21-39(36(45)42-19-37-17-41(3)18-38(37,20-42)23-49-22-37)16-31(39)30-15-27(48-4)11-13-28(30)34(43)33(29)25-8-6-5-7-9-25/h10-15,24-25,31H,5-9,16-23H2,1-4H3,(H,40,44). The topological polar surface area (TPSA) is 110 Å². The molecular weight excluding hydrogens is 653 g/mol. The van der Waals surface area contributed by atoms with Gasteiger partial charge in [-0.15, -0.1) is 0 Å². The van der Waals surface area contributed by atoms with Gasteiger partial charge in [-0.1, -0.05) is 25.3 Å². The van der Waals surface area contributed by atoms with E-state index in [0.717, 1.165) is 78.9 Å². The summed E-state index contributed by atoms with van der Waals surface area (Å²) >= 11 is 0. The van der Waals surface area contributed by atoms with Crippen LogP contribution in [0.1, 0.15) is 85.7 Å². The lowest BCUT2D eigenvalue weighted by Crippen LogP contribution is -2.43. The number of hydrogen-bond acceptors (Lipinski definition) is 7. The van der Waals surface area contributed by atoms with Crippen molar-refractivity contribution in [2.24, 2.45) is 16.2 Å². The second kappa shape index (κ2) is 11.0. The molecule has 1 N–H and O–H groups in total. The van der Waals surface area contributed by atoms with E-state index in [9.17, 15) is 13.2 Å². The minimum atomic E-state index is -3.81. The molecule has 0 radical (unpaired) electrons. The Hall–Kier alpha value is -3.41. The molecule has 2 aromatic carbocycles. The van der Waals surface area contributed by atoms with Crippen LogP contribution in [0.3, 0.4) is 0 Å². The van der Waals surface area contributed by atoms with E-state index >= 15 is 4.79 Å². The molecule has 4 aliphatic heterocycles. The number of benzene rings is 2. The fraction of sp³-hybridized carbons (Fsp3) is 0.590. The predicted molar refractivity (Wildman–Crippen MR) is 191 cm³/mol. The molecule has 9 rings (SSSR count). The first kappa shape index (κ1) is 32.5.